The number of carbonyl (C=O) groups is 2. The second kappa shape index (κ2) is 6.07. The Morgan fingerprint density at radius 2 is 1.70 bits per heavy atom. The summed E-state index contributed by atoms with van der Waals surface area (Å²) in [6, 6.07) is 6.58. The van der Waals surface area contributed by atoms with E-state index >= 15 is 0 Å². The second-order valence-corrected chi connectivity index (χ2v) is 4.82. The van der Waals surface area contributed by atoms with Crippen LogP contribution in [0.15, 0.2) is 24.3 Å². The molecule has 0 heterocycles. The third-order valence-electron chi connectivity index (χ3n) is 2.84. The summed E-state index contributed by atoms with van der Waals surface area (Å²) < 4.78 is 38.1. The van der Waals surface area contributed by atoms with Crippen molar-refractivity contribution in [3.63, 3.8) is 0 Å². The predicted molar refractivity (Wildman–Crippen MR) is 69.4 cm³/mol. The smallest absolute Gasteiger partial charge is 0.325 e. The van der Waals surface area contributed by atoms with Crippen LogP contribution in [-0.4, -0.2) is 17.9 Å². The SMILES string of the molecule is CC(=O)C(C(=O)Nc1ccccc1C(C)C)C(F)(F)F. The Balaban J connectivity index is 3.04. The summed E-state index contributed by atoms with van der Waals surface area (Å²) in [5, 5.41) is 2.20. The van der Waals surface area contributed by atoms with E-state index in [0.717, 1.165) is 6.92 Å². The standard InChI is InChI=1S/C14H16F3NO2/c1-8(2)10-6-4-5-7-11(10)18-13(20)12(9(3)19)14(15,16)17/h4-8,12H,1-3H3,(H,18,20). The lowest BCUT2D eigenvalue weighted by Crippen LogP contribution is -2.39. The molecule has 1 rings (SSSR count). The van der Waals surface area contributed by atoms with E-state index in [0.29, 0.717) is 11.3 Å². The molecule has 0 bridgehead atoms. The number of Topliss-reactive ketones (excluding diaryl/α,β-unsaturated/α-hetero) is 1. The van der Waals surface area contributed by atoms with Crippen LogP contribution in [0.5, 0.6) is 0 Å². The van der Waals surface area contributed by atoms with Gasteiger partial charge in [0.1, 0.15) is 0 Å². The first-order valence-electron chi connectivity index (χ1n) is 6.11. The van der Waals surface area contributed by atoms with Crippen molar-refractivity contribution < 1.29 is 22.8 Å². The molecule has 0 saturated carbocycles. The van der Waals surface area contributed by atoms with E-state index in [2.05, 4.69) is 5.32 Å². The quantitative estimate of drug-likeness (QED) is 0.861. The molecule has 0 aromatic heterocycles. The topological polar surface area (TPSA) is 46.2 Å². The van der Waals surface area contributed by atoms with Crippen LogP contribution >= 0.6 is 0 Å². The maximum atomic E-state index is 12.7. The first kappa shape index (κ1) is 16.2. The van der Waals surface area contributed by atoms with Gasteiger partial charge in [-0.1, -0.05) is 32.0 Å². The van der Waals surface area contributed by atoms with Crippen LogP contribution < -0.4 is 5.32 Å². The zero-order valence-electron chi connectivity index (χ0n) is 11.4. The van der Waals surface area contributed by atoms with Gasteiger partial charge in [0, 0.05) is 5.69 Å². The predicted octanol–water partition coefficient (Wildman–Crippen LogP) is 3.52. The number of hydrogen-bond acceptors (Lipinski definition) is 2. The number of hydrogen-bond donors (Lipinski definition) is 1. The van der Waals surface area contributed by atoms with Crippen molar-refractivity contribution in [1.29, 1.82) is 0 Å². The van der Waals surface area contributed by atoms with Crippen molar-refractivity contribution in [2.45, 2.75) is 32.9 Å². The van der Waals surface area contributed by atoms with E-state index in [9.17, 15) is 22.8 Å². The number of para-hydroxylation sites is 1. The van der Waals surface area contributed by atoms with Gasteiger partial charge in [-0.05, 0) is 24.5 Å². The summed E-state index contributed by atoms with van der Waals surface area (Å²) in [5.74, 6) is -5.17. The molecule has 1 atom stereocenters. The molecule has 1 unspecified atom stereocenters. The summed E-state index contributed by atoms with van der Waals surface area (Å²) in [5.41, 5.74) is 1.01. The molecule has 110 valence electrons. The van der Waals surface area contributed by atoms with Gasteiger partial charge in [0.05, 0.1) is 0 Å². The normalized spacial score (nSPS) is 13.2. The van der Waals surface area contributed by atoms with E-state index in [1.54, 1.807) is 18.2 Å². The Kier molecular flexibility index (Phi) is 4.92. The van der Waals surface area contributed by atoms with E-state index in [4.69, 9.17) is 0 Å². The lowest BCUT2D eigenvalue weighted by atomic mass is 9.99. The van der Waals surface area contributed by atoms with Crippen molar-refractivity contribution in [2.24, 2.45) is 5.92 Å². The average Bonchev–Trinajstić information content (AvgIpc) is 2.26. The molecule has 1 aromatic carbocycles. The zero-order valence-corrected chi connectivity index (χ0v) is 11.4. The molecule has 0 radical (unpaired) electrons. The van der Waals surface area contributed by atoms with Gasteiger partial charge >= 0.3 is 6.18 Å². The van der Waals surface area contributed by atoms with Gasteiger partial charge in [-0.2, -0.15) is 13.2 Å². The van der Waals surface area contributed by atoms with Crippen molar-refractivity contribution in [3.8, 4) is 0 Å². The molecule has 0 spiro atoms. The third kappa shape index (κ3) is 3.82. The summed E-state index contributed by atoms with van der Waals surface area (Å²) in [6.07, 6.45) is -4.89. The number of rotatable bonds is 4. The zero-order chi connectivity index (χ0) is 15.5. The number of anilines is 1. The van der Waals surface area contributed by atoms with E-state index in [-0.39, 0.29) is 5.92 Å². The van der Waals surface area contributed by atoms with Gasteiger partial charge in [0.15, 0.2) is 11.7 Å². The van der Waals surface area contributed by atoms with E-state index in [1.165, 1.54) is 6.07 Å². The number of alkyl halides is 3. The monoisotopic (exact) mass is 287 g/mol. The lowest BCUT2D eigenvalue weighted by molar-refractivity contribution is -0.182. The van der Waals surface area contributed by atoms with Crippen LogP contribution in [0.3, 0.4) is 0 Å². The Bertz CT molecular complexity index is 509. The molecular weight excluding hydrogens is 271 g/mol. The van der Waals surface area contributed by atoms with E-state index < -0.39 is 23.8 Å². The van der Waals surface area contributed by atoms with Crippen LogP contribution in [0.1, 0.15) is 32.3 Å². The third-order valence-corrected chi connectivity index (χ3v) is 2.84. The van der Waals surface area contributed by atoms with Gasteiger partial charge in [0.2, 0.25) is 5.91 Å². The van der Waals surface area contributed by atoms with Crippen molar-refractivity contribution in [2.75, 3.05) is 5.32 Å². The van der Waals surface area contributed by atoms with Crippen LogP contribution in [0, 0.1) is 5.92 Å². The minimum absolute atomic E-state index is 0.0353. The molecule has 3 nitrogen and oxygen atoms in total. The van der Waals surface area contributed by atoms with Gasteiger partial charge in [-0.15, -0.1) is 0 Å². The van der Waals surface area contributed by atoms with Crippen LogP contribution in [0.4, 0.5) is 18.9 Å². The molecule has 20 heavy (non-hydrogen) atoms. The summed E-state index contributed by atoms with van der Waals surface area (Å²) in [4.78, 5) is 22.8. The maximum Gasteiger partial charge on any atom is 0.407 e. The Hall–Kier alpha value is -1.85. The van der Waals surface area contributed by atoms with Crippen molar-refractivity contribution in [1.82, 2.24) is 0 Å². The minimum atomic E-state index is -4.89. The van der Waals surface area contributed by atoms with Gasteiger partial charge in [0.25, 0.3) is 0 Å². The number of halogens is 3. The number of nitrogens with one attached hydrogen (secondary N) is 1. The van der Waals surface area contributed by atoms with Gasteiger partial charge in [-0.25, -0.2) is 0 Å². The fourth-order valence-electron chi connectivity index (χ4n) is 1.88. The first-order chi connectivity index (χ1) is 9.14. The highest BCUT2D eigenvalue weighted by Gasteiger charge is 2.48. The molecule has 1 N–H and O–H groups in total. The Morgan fingerprint density at radius 1 is 1.15 bits per heavy atom. The van der Waals surface area contributed by atoms with Crippen LogP contribution in [-0.2, 0) is 9.59 Å². The molecular formula is C14H16F3NO2. The maximum absolute atomic E-state index is 12.7. The average molecular weight is 287 g/mol. The Labute approximate surface area is 115 Å². The number of benzene rings is 1. The van der Waals surface area contributed by atoms with Gasteiger partial charge < -0.3 is 5.32 Å². The van der Waals surface area contributed by atoms with Crippen molar-refractivity contribution >= 4 is 17.4 Å². The number of ketones is 1. The Morgan fingerprint density at radius 3 is 2.15 bits per heavy atom. The minimum Gasteiger partial charge on any atom is -0.325 e. The lowest BCUT2D eigenvalue weighted by Gasteiger charge is -2.19. The number of carbonyl (C=O) groups excluding carboxylic acids is 2. The number of amides is 1. The highest BCUT2D eigenvalue weighted by Crippen LogP contribution is 2.30. The molecule has 0 fully saturated rings. The second-order valence-electron chi connectivity index (χ2n) is 4.82. The van der Waals surface area contributed by atoms with Gasteiger partial charge in [-0.3, -0.25) is 9.59 Å². The van der Waals surface area contributed by atoms with Crippen LogP contribution in [0.2, 0.25) is 0 Å². The molecule has 6 heteroatoms. The summed E-state index contributed by atoms with van der Waals surface area (Å²) in [6.45, 7) is 4.47. The molecule has 0 aliphatic carbocycles. The van der Waals surface area contributed by atoms with Crippen molar-refractivity contribution in [3.05, 3.63) is 29.8 Å². The summed E-state index contributed by atoms with van der Waals surface area (Å²) >= 11 is 0. The molecule has 1 amide bonds. The fourth-order valence-corrected chi connectivity index (χ4v) is 1.88. The molecule has 0 aliphatic rings. The largest absolute Gasteiger partial charge is 0.407 e. The highest BCUT2D eigenvalue weighted by molar-refractivity contribution is 6.07. The molecule has 0 saturated heterocycles. The first-order valence-corrected chi connectivity index (χ1v) is 6.11. The molecule has 0 aliphatic heterocycles. The highest BCUT2D eigenvalue weighted by atomic mass is 19.4. The fraction of sp³-hybridized carbons (Fsp3) is 0.429. The molecule has 1 aromatic rings. The summed E-state index contributed by atoms with van der Waals surface area (Å²) in [7, 11) is 0. The van der Waals surface area contributed by atoms with E-state index in [1.807, 2.05) is 13.8 Å². The van der Waals surface area contributed by atoms with Crippen LogP contribution in [0.25, 0.3) is 0 Å².